The number of hydrogen-bond donors (Lipinski definition) is 1. The maximum atomic E-state index is 3.59. The van der Waals surface area contributed by atoms with Crippen molar-refractivity contribution in [3.05, 3.63) is 28.7 Å². The van der Waals surface area contributed by atoms with Crippen molar-refractivity contribution in [3.8, 4) is 0 Å². The molecule has 0 radical (unpaired) electrons. The normalized spacial score (nSPS) is 24.3. The Balaban J connectivity index is 1.40. The summed E-state index contributed by atoms with van der Waals surface area (Å²) >= 11 is 3.59. The first kappa shape index (κ1) is 15.3. The Morgan fingerprint density at radius 2 is 1.90 bits per heavy atom. The van der Waals surface area contributed by atoms with Crippen LogP contribution in [0.1, 0.15) is 25.7 Å². The van der Waals surface area contributed by atoms with Crippen molar-refractivity contribution in [2.24, 2.45) is 0 Å². The second kappa shape index (κ2) is 7.61. The summed E-state index contributed by atoms with van der Waals surface area (Å²) in [5.41, 5.74) is 1.20. The third-order valence-electron chi connectivity index (χ3n) is 4.77. The molecule has 0 saturated carbocycles. The van der Waals surface area contributed by atoms with E-state index in [9.17, 15) is 0 Å². The highest BCUT2D eigenvalue weighted by atomic mass is 79.9. The quantitative estimate of drug-likeness (QED) is 0.876. The van der Waals surface area contributed by atoms with Gasteiger partial charge in [0.25, 0.3) is 0 Å². The number of rotatable bonds is 5. The summed E-state index contributed by atoms with van der Waals surface area (Å²) in [5.74, 6) is 0. The third kappa shape index (κ3) is 4.21. The van der Waals surface area contributed by atoms with Gasteiger partial charge in [0.2, 0.25) is 0 Å². The van der Waals surface area contributed by atoms with Gasteiger partial charge in [-0.25, -0.2) is 0 Å². The number of para-hydroxylation sites is 1. The van der Waals surface area contributed by atoms with Gasteiger partial charge in [-0.1, -0.05) is 18.6 Å². The number of likely N-dealkylation sites (tertiary alicyclic amines) is 2. The molecule has 0 spiro atoms. The molecule has 3 rings (SSSR count). The summed E-state index contributed by atoms with van der Waals surface area (Å²) in [6.45, 7) is 7.35. The molecule has 0 aliphatic carbocycles. The lowest BCUT2D eigenvalue weighted by Gasteiger charge is -2.32. The lowest BCUT2D eigenvalue weighted by Crippen LogP contribution is -2.41. The van der Waals surface area contributed by atoms with Gasteiger partial charge in [0.1, 0.15) is 0 Å². The maximum absolute atomic E-state index is 3.59. The van der Waals surface area contributed by atoms with Crippen LogP contribution in [-0.2, 0) is 0 Å². The van der Waals surface area contributed by atoms with E-state index in [-0.39, 0.29) is 0 Å². The monoisotopic (exact) mass is 351 g/mol. The first-order chi connectivity index (χ1) is 10.3. The molecule has 2 heterocycles. The van der Waals surface area contributed by atoms with Crippen molar-refractivity contribution in [1.82, 2.24) is 9.80 Å². The van der Waals surface area contributed by atoms with E-state index in [1.807, 2.05) is 0 Å². The number of hydrogen-bond acceptors (Lipinski definition) is 3. The van der Waals surface area contributed by atoms with Gasteiger partial charge in [0, 0.05) is 35.8 Å². The first-order valence-electron chi connectivity index (χ1n) is 8.28. The maximum Gasteiger partial charge on any atom is 0.0485 e. The predicted octanol–water partition coefficient (Wildman–Crippen LogP) is 3.42. The van der Waals surface area contributed by atoms with Gasteiger partial charge in [-0.3, -0.25) is 9.80 Å². The van der Waals surface area contributed by atoms with Crippen LogP contribution in [0.2, 0.25) is 0 Å². The molecular formula is C17H26BrN3. The van der Waals surface area contributed by atoms with Crippen molar-refractivity contribution in [3.63, 3.8) is 0 Å². The van der Waals surface area contributed by atoms with Crippen molar-refractivity contribution in [1.29, 1.82) is 0 Å². The highest BCUT2D eigenvalue weighted by Gasteiger charge is 2.27. The summed E-state index contributed by atoms with van der Waals surface area (Å²) in [6, 6.07) is 9.16. The molecule has 1 aromatic carbocycles. The van der Waals surface area contributed by atoms with Crippen LogP contribution in [0.5, 0.6) is 0 Å². The van der Waals surface area contributed by atoms with Crippen LogP contribution >= 0.6 is 15.9 Å². The Labute approximate surface area is 136 Å². The topological polar surface area (TPSA) is 18.5 Å². The molecule has 1 aromatic rings. The molecule has 2 aliphatic rings. The smallest absolute Gasteiger partial charge is 0.0485 e. The zero-order chi connectivity index (χ0) is 14.5. The average molecular weight is 352 g/mol. The van der Waals surface area contributed by atoms with Crippen LogP contribution in [0.3, 0.4) is 0 Å². The van der Waals surface area contributed by atoms with E-state index in [2.05, 4.69) is 55.3 Å². The van der Waals surface area contributed by atoms with E-state index >= 15 is 0 Å². The second-order valence-corrected chi connectivity index (χ2v) is 7.10. The zero-order valence-electron chi connectivity index (χ0n) is 12.7. The van der Waals surface area contributed by atoms with Gasteiger partial charge >= 0.3 is 0 Å². The van der Waals surface area contributed by atoms with E-state index in [0.29, 0.717) is 0 Å². The molecule has 116 valence electrons. The highest BCUT2D eigenvalue weighted by molar-refractivity contribution is 9.10. The Morgan fingerprint density at radius 1 is 1.10 bits per heavy atom. The number of piperidine rings is 1. The molecule has 0 amide bonds. The van der Waals surface area contributed by atoms with Crippen LogP contribution < -0.4 is 5.32 Å². The van der Waals surface area contributed by atoms with Crippen molar-refractivity contribution < 1.29 is 0 Å². The molecule has 1 unspecified atom stereocenters. The summed E-state index contributed by atoms with van der Waals surface area (Å²) < 4.78 is 1.15. The largest absolute Gasteiger partial charge is 0.383 e. The van der Waals surface area contributed by atoms with E-state index in [0.717, 1.165) is 23.6 Å². The minimum atomic E-state index is 0.814. The Kier molecular flexibility index (Phi) is 5.55. The fraction of sp³-hybridized carbons (Fsp3) is 0.647. The Bertz CT molecular complexity index is 445. The predicted molar refractivity (Wildman–Crippen MR) is 92.9 cm³/mol. The second-order valence-electron chi connectivity index (χ2n) is 6.25. The summed E-state index contributed by atoms with van der Waals surface area (Å²) in [6.07, 6.45) is 5.60. The van der Waals surface area contributed by atoms with Crippen LogP contribution in [-0.4, -0.2) is 55.1 Å². The fourth-order valence-corrected chi connectivity index (χ4v) is 3.98. The van der Waals surface area contributed by atoms with Gasteiger partial charge < -0.3 is 5.32 Å². The van der Waals surface area contributed by atoms with E-state index in [4.69, 9.17) is 0 Å². The van der Waals surface area contributed by atoms with E-state index in [1.165, 1.54) is 57.5 Å². The molecule has 0 aromatic heterocycles. The molecule has 21 heavy (non-hydrogen) atoms. The number of halogens is 1. The van der Waals surface area contributed by atoms with Gasteiger partial charge in [-0.15, -0.1) is 0 Å². The number of benzene rings is 1. The van der Waals surface area contributed by atoms with Crippen molar-refractivity contribution in [2.45, 2.75) is 31.7 Å². The molecule has 1 atom stereocenters. The van der Waals surface area contributed by atoms with Crippen LogP contribution in [0, 0.1) is 0 Å². The van der Waals surface area contributed by atoms with Gasteiger partial charge in [0.05, 0.1) is 0 Å². The fourth-order valence-electron chi connectivity index (χ4n) is 3.55. The highest BCUT2D eigenvalue weighted by Crippen LogP contribution is 2.22. The molecule has 4 heteroatoms. The standard InChI is InChI=1S/C17H26BrN3/c18-16-6-2-3-7-17(16)19-9-13-20-12-8-15(14-20)21-10-4-1-5-11-21/h2-3,6-7,15,19H,1,4-5,8-14H2. The minimum Gasteiger partial charge on any atom is -0.383 e. The number of nitrogens with one attached hydrogen (secondary N) is 1. The third-order valence-corrected chi connectivity index (χ3v) is 5.46. The minimum absolute atomic E-state index is 0.814. The molecule has 2 aliphatic heterocycles. The summed E-state index contributed by atoms with van der Waals surface area (Å²) in [7, 11) is 0. The average Bonchev–Trinajstić information content (AvgIpc) is 2.99. The molecule has 1 N–H and O–H groups in total. The molecule has 2 fully saturated rings. The Hall–Kier alpha value is -0.580. The van der Waals surface area contributed by atoms with Gasteiger partial charge in [-0.05, 0) is 67.0 Å². The van der Waals surface area contributed by atoms with Crippen molar-refractivity contribution in [2.75, 3.05) is 44.6 Å². The van der Waals surface area contributed by atoms with Crippen LogP contribution in [0.4, 0.5) is 5.69 Å². The summed E-state index contributed by atoms with van der Waals surface area (Å²) in [4.78, 5) is 5.34. The number of nitrogens with zero attached hydrogens (tertiary/aromatic N) is 2. The van der Waals surface area contributed by atoms with E-state index < -0.39 is 0 Å². The lowest BCUT2D eigenvalue weighted by molar-refractivity contribution is 0.163. The van der Waals surface area contributed by atoms with Crippen LogP contribution in [0.15, 0.2) is 28.7 Å². The first-order valence-corrected chi connectivity index (χ1v) is 9.07. The van der Waals surface area contributed by atoms with Gasteiger partial charge in [0.15, 0.2) is 0 Å². The SMILES string of the molecule is Brc1ccccc1NCCN1CCC(N2CCCCC2)C1. The molecular weight excluding hydrogens is 326 g/mol. The molecule has 2 saturated heterocycles. The van der Waals surface area contributed by atoms with Crippen LogP contribution in [0.25, 0.3) is 0 Å². The van der Waals surface area contributed by atoms with Gasteiger partial charge in [-0.2, -0.15) is 0 Å². The lowest BCUT2D eigenvalue weighted by atomic mass is 10.1. The molecule has 3 nitrogen and oxygen atoms in total. The van der Waals surface area contributed by atoms with Crippen molar-refractivity contribution >= 4 is 21.6 Å². The molecule has 0 bridgehead atoms. The summed E-state index contributed by atoms with van der Waals surface area (Å²) in [5, 5.41) is 3.53. The Morgan fingerprint density at radius 3 is 2.71 bits per heavy atom. The number of anilines is 1. The zero-order valence-corrected chi connectivity index (χ0v) is 14.3. The van der Waals surface area contributed by atoms with E-state index in [1.54, 1.807) is 0 Å².